The number of hydrogen-bond donors (Lipinski definition) is 1. The number of aryl methyl sites for hydroxylation is 3. The van der Waals surface area contributed by atoms with Gasteiger partial charge in [0.15, 0.2) is 0 Å². The summed E-state index contributed by atoms with van der Waals surface area (Å²) in [6.45, 7) is 13.0. The Kier molecular flexibility index (Phi) is 9.11. The Bertz CT molecular complexity index is 1150. The Hall–Kier alpha value is -2.87. The number of sulfonamides is 1. The lowest BCUT2D eigenvalue weighted by molar-refractivity contribution is -0.141. The Morgan fingerprint density at radius 3 is 2.06 bits per heavy atom. The zero-order valence-corrected chi connectivity index (χ0v) is 23.0. The third-order valence-electron chi connectivity index (χ3n) is 5.67. The second-order valence-electron chi connectivity index (χ2n) is 10.2. The van der Waals surface area contributed by atoms with E-state index in [1.165, 1.54) is 4.90 Å². The molecule has 0 aliphatic rings. The quantitative estimate of drug-likeness (QED) is 0.560. The van der Waals surface area contributed by atoms with E-state index in [0.29, 0.717) is 12.1 Å². The third-order valence-corrected chi connectivity index (χ3v) is 6.80. The van der Waals surface area contributed by atoms with Gasteiger partial charge in [-0.3, -0.25) is 13.9 Å². The molecule has 0 aromatic heterocycles. The molecule has 0 saturated carbocycles. The van der Waals surface area contributed by atoms with Crippen molar-refractivity contribution in [3.8, 4) is 0 Å². The Labute approximate surface area is 210 Å². The predicted octanol–water partition coefficient (Wildman–Crippen LogP) is 4.10. The van der Waals surface area contributed by atoms with E-state index >= 15 is 0 Å². The van der Waals surface area contributed by atoms with Crippen LogP contribution in [0.4, 0.5) is 5.69 Å². The molecule has 0 radical (unpaired) electrons. The zero-order chi connectivity index (χ0) is 26.6. The lowest BCUT2D eigenvalue weighted by Gasteiger charge is -2.34. The Morgan fingerprint density at radius 2 is 1.54 bits per heavy atom. The number of anilines is 1. The first-order valence-corrected chi connectivity index (χ1v) is 13.7. The maximum Gasteiger partial charge on any atom is 0.244 e. The van der Waals surface area contributed by atoms with Crippen LogP contribution in [-0.2, 0) is 26.2 Å². The van der Waals surface area contributed by atoms with E-state index in [4.69, 9.17) is 0 Å². The van der Waals surface area contributed by atoms with Crippen molar-refractivity contribution >= 4 is 27.5 Å². The van der Waals surface area contributed by atoms with Crippen molar-refractivity contribution in [1.29, 1.82) is 0 Å². The largest absolute Gasteiger partial charge is 0.350 e. The first kappa shape index (κ1) is 28.4. The molecule has 1 atom stereocenters. The van der Waals surface area contributed by atoms with Crippen molar-refractivity contribution in [2.45, 2.75) is 73.0 Å². The van der Waals surface area contributed by atoms with Gasteiger partial charge in [0, 0.05) is 12.1 Å². The number of carbonyl (C=O) groups excluding carboxylic acids is 2. The summed E-state index contributed by atoms with van der Waals surface area (Å²) in [5.74, 6) is -0.703. The van der Waals surface area contributed by atoms with Crippen LogP contribution in [0.5, 0.6) is 0 Å². The Morgan fingerprint density at radius 1 is 0.971 bits per heavy atom. The molecule has 2 amide bonds. The van der Waals surface area contributed by atoms with E-state index in [1.54, 1.807) is 6.07 Å². The van der Waals surface area contributed by atoms with E-state index in [1.807, 2.05) is 84.9 Å². The first-order chi connectivity index (χ1) is 16.1. The summed E-state index contributed by atoms with van der Waals surface area (Å²) < 4.78 is 26.7. The van der Waals surface area contributed by atoms with Crippen LogP contribution in [0, 0.1) is 20.8 Å². The second kappa shape index (κ2) is 11.2. The molecule has 1 N–H and O–H groups in total. The molecule has 2 aromatic carbocycles. The molecule has 192 valence electrons. The number of nitrogens with zero attached hydrogens (tertiary/aromatic N) is 2. The predicted molar refractivity (Wildman–Crippen MR) is 142 cm³/mol. The molecule has 0 fully saturated rings. The van der Waals surface area contributed by atoms with E-state index in [0.717, 1.165) is 32.8 Å². The summed E-state index contributed by atoms with van der Waals surface area (Å²) in [4.78, 5) is 28.4. The van der Waals surface area contributed by atoms with Crippen LogP contribution in [-0.4, -0.2) is 49.5 Å². The number of benzene rings is 2. The minimum atomic E-state index is -3.76. The Balaban J connectivity index is 2.49. The van der Waals surface area contributed by atoms with Crippen molar-refractivity contribution in [3.63, 3.8) is 0 Å². The van der Waals surface area contributed by atoms with Crippen LogP contribution < -0.4 is 9.62 Å². The maximum atomic E-state index is 13.8. The number of rotatable bonds is 9. The summed E-state index contributed by atoms with van der Waals surface area (Å²) in [5, 5.41) is 2.97. The van der Waals surface area contributed by atoms with Gasteiger partial charge in [-0.2, -0.15) is 0 Å². The van der Waals surface area contributed by atoms with Gasteiger partial charge in [0.05, 0.1) is 11.9 Å². The van der Waals surface area contributed by atoms with E-state index in [-0.39, 0.29) is 12.5 Å². The zero-order valence-electron chi connectivity index (χ0n) is 22.2. The fourth-order valence-electron chi connectivity index (χ4n) is 3.85. The molecule has 2 rings (SSSR count). The SMILES string of the molecule is CC[C@@H](C(=O)NC(C)(C)C)N(Cc1ccc(C)cc1)C(=O)CN(c1cc(C)ccc1C)S(C)(=O)=O. The van der Waals surface area contributed by atoms with Crippen molar-refractivity contribution in [2.24, 2.45) is 0 Å². The van der Waals surface area contributed by atoms with E-state index in [9.17, 15) is 18.0 Å². The smallest absolute Gasteiger partial charge is 0.244 e. The van der Waals surface area contributed by atoms with Crippen LogP contribution in [0.15, 0.2) is 42.5 Å². The summed E-state index contributed by atoms with van der Waals surface area (Å²) in [7, 11) is -3.76. The molecule has 0 unspecified atom stereocenters. The average Bonchev–Trinajstić information content (AvgIpc) is 2.73. The molecule has 7 nitrogen and oxygen atoms in total. The van der Waals surface area contributed by atoms with Crippen molar-refractivity contribution in [1.82, 2.24) is 10.2 Å². The minimum Gasteiger partial charge on any atom is -0.350 e. The standard InChI is InChI=1S/C27H39N3O4S/c1-9-23(26(32)28-27(5,6)7)29(17-22-14-11-19(2)12-15-22)25(31)18-30(35(8,33)34)24-16-20(3)10-13-21(24)4/h10-16,23H,9,17-18H2,1-8H3,(H,28,32)/t23-/m0/s1. The molecular formula is C27H39N3O4S. The van der Waals surface area contributed by atoms with Crippen LogP contribution in [0.3, 0.4) is 0 Å². The first-order valence-electron chi connectivity index (χ1n) is 11.8. The van der Waals surface area contributed by atoms with Crippen LogP contribution >= 0.6 is 0 Å². The number of carbonyl (C=O) groups is 2. The fraction of sp³-hybridized carbons (Fsp3) is 0.481. The molecule has 0 aliphatic carbocycles. The van der Waals surface area contributed by atoms with Gasteiger partial charge in [0.25, 0.3) is 0 Å². The number of nitrogens with one attached hydrogen (secondary N) is 1. The van der Waals surface area contributed by atoms with Gasteiger partial charge in [0.1, 0.15) is 12.6 Å². The molecule has 0 saturated heterocycles. The molecule has 35 heavy (non-hydrogen) atoms. The molecule has 0 heterocycles. The lowest BCUT2D eigenvalue weighted by atomic mass is 10.1. The van der Waals surface area contributed by atoms with Gasteiger partial charge in [0.2, 0.25) is 21.8 Å². The minimum absolute atomic E-state index is 0.194. The third kappa shape index (κ3) is 8.09. The summed E-state index contributed by atoms with van der Waals surface area (Å²) in [6, 6.07) is 12.5. The van der Waals surface area contributed by atoms with Gasteiger partial charge >= 0.3 is 0 Å². The summed E-state index contributed by atoms with van der Waals surface area (Å²) >= 11 is 0. The maximum absolute atomic E-state index is 13.8. The molecular weight excluding hydrogens is 462 g/mol. The summed E-state index contributed by atoms with van der Waals surface area (Å²) in [5.41, 5.74) is 3.57. The van der Waals surface area contributed by atoms with Gasteiger partial charge < -0.3 is 10.2 Å². The van der Waals surface area contributed by atoms with Crippen LogP contribution in [0.1, 0.15) is 56.4 Å². The number of amides is 2. The topological polar surface area (TPSA) is 86.8 Å². The number of hydrogen-bond acceptors (Lipinski definition) is 4. The van der Waals surface area contributed by atoms with Gasteiger partial charge in [-0.15, -0.1) is 0 Å². The molecule has 8 heteroatoms. The van der Waals surface area contributed by atoms with E-state index < -0.39 is 34.1 Å². The summed E-state index contributed by atoms with van der Waals surface area (Å²) in [6.07, 6.45) is 1.48. The van der Waals surface area contributed by atoms with Crippen molar-refractivity contribution < 1.29 is 18.0 Å². The van der Waals surface area contributed by atoms with Gasteiger partial charge in [-0.1, -0.05) is 48.9 Å². The second-order valence-corrected chi connectivity index (χ2v) is 12.1. The van der Waals surface area contributed by atoms with Crippen LogP contribution in [0.2, 0.25) is 0 Å². The van der Waals surface area contributed by atoms with Gasteiger partial charge in [-0.05, 0) is 70.7 Å². The van der Waals surface area contributed by atoms with Crippen molar-refractivity contribution in [3.05, 3.63) is 64.7 Å². The highest BCUT2D eigenvalue weighted by Crippen LogP contribution is 2.25. The van der Waals surface area contributed by atoms with Crippen molar-refractivity contribution in [2.75, 3.05) is 17.1 Å². The molecule has 2 aromatic rings. The fourth-order valence-corrected chi connectivity index (χ4v) is 4.74. The average molecular weight is 502 g/mol. The molecule has 0 bridgehead atoms. The van der Waals surface area contributed by atoms with Crippen LogP contribution in [0.25, 0.3) is 0 Å². The van der Waals surface area contributed by atoms with E-state index in [2.05, 4.69) is 5.32 Å². The highest BCUT2D eigenvalue weighted by molar-refractivity contribution is 7.92. The highest BCUT2D eigenvalue weighted by Gasteiger charge is 2.33. The normalized spacial score (nSPS) is 12.7. The monoisotopic (exact) mass is 501 g/mol. The van der Waals surface area contributed by atoms with Gasteiger partial charge in [-0.25, -0.2) is 8.42 Å². The lowest BCUT2D eigenvalue weighted by Crippen LogP contribution is -2.55. The molecule has 0 aliphatic heterocycles. The highest BCUT2D eigenvalue weighted by atomic mass is 32.2. The molecule has 0 spiro atoms.